The number of carbonyl (C=O) groups excluding carboxylic acids is 2. The Morgan fingerprint density at radius 1 is 1.15 bits per heavy atom. The highest BCUT2D eigenvalue weighted by Crippen LogP contribution is 2.25. The molecule has 1 aromatic heterocycles. The van der Waals surface area contributed by atoms with Crippen LogP contribution in [0, 0.1) is 23.1 Å². The number of aromatic nitrogens is 1. The van der Waals surface area contributed by atoms with Crippen molar-refractivity contribution in [2.45, 2.75) is 26.3 Å². The highest BCUT2D eigenvalue weighted by Gasteiger charge is 2.21. The van der Waals surface area contributed by atoms with Crippen LogP contribution in [-0.4, -0.2) is 34.4 Å². The minimum absolute atomic E-state index is 0.0627. The van der Waals surface area contributed by atoms with Crippen LogP contribution in [0.3, 0.4) is 0 Å². The summed E-state index contributed by atoms with van der Waals surface area (Å²) in [7, 11) is 0. The Morgan fingerprint density at radius 3 is 2.55 bits per heavy atom. The van der Waals surface area contributed by atoms with E-state index in [2.05, 4.69) is 12.2 Å². The third-order valence-corrected chi connectivity index (χ3v) is 6.03. The lowest BCUT2D eigenvalue weighted by Gasteiger charge is -2.30. The Bertz CT molecular complexity index is 1250. The molecule has 2 heterocycles. The third-order valence-electron chi connectivity index (χ3n) is 6.03. The molecule has 0 unspecified atom stereocenters. The van der Waals surface area contributed by atoms with Gasteiger partial charge in [-0.2, -0.15) is 5.26 Å². The quantitative estimate of drug-likeness (QED) is 0.462. The minimum Gasteiger partial charge on any atom is -0.341 e. The summed E-state index contributed by atoms with van der Waals surface area (Å²) in [5.41, 5.74) is 1.85. The predicted molar refractivity (Wildman–Crippen MR) is 126 cm³/mol. The van der Waals surface area contributed by atoms with E-state index in [0.717, 1.165) is 36.8 Å². The van der Waals surface area contributed by atoms with Gasteiger partial charge in [0.1, 0.15) is 24.0 Å². The van der Waals surface area contributed by atoms with Crippen molar-refractivity contribution in [2.24, 2.45) is 5.92 Å². The summed E-state index contributed by atoms with van der Waals surface area (Å²) in [6.45, 7) is 3.95. The fourth-order valence-electron chi connectivity index (χ4n) is 4.06. The SMILES string of the molecule is CC1CCN(C(=O)Cn2cc(/C=C(\C#N)C(=O)Nc3ccc(F)cc3)c3ccccc32)CC1. The zero-order valence-corrected chi connectivity index (χ0v) is 18.4. The fourth-order valence-corrected chi connectivity index (χ4v) is 4.06. The van der Waals surface area contributed by atoms with E-state index in [9.17, 15) is 19.2 Å². The molecule has 1 saturated heterocycles. The molecule has 168 valence electrons. The van der Waals surface area contributed by atoms with Crippen molar-refractivity contribution in [2.75, 3.05) is 18.4 Å². The zero-order chi connectivity index (χ0) is 23.4. The van der Waals surface area contributed by atoms with Crippen LogP contribution in [0.4, 0.5) is 10.1 Å². The molecule has 7 heteroatoms. The summed E-state index contributed by atoms with van der Waals surface area (Å²) in [5, 5.41) is 13.0. The number of hydrogen-bond donors (Lipinski definition) is 1. The normalized spacial score (nSPS) is 14.8. The van der Waals surface area contributed by atoms with Crippen LogP contribution in [0.2, 0.25) is 0 Å². The number of hydrogen-bond acceptors (Lipinski definition) is 3. The molecule has 3 aromatic rings. The van der Waals surface area contributed by atoms with E-state index in [1.807, 2.05) is 39.8 Å². The van der Waals surface area contributed by atoms with Crippen molar-refractivity contribution in [1.82, 2.24) is 9.47 Å². The number of nitrogens with one attached hydrogen (secondary N) is 1. The van der Waals surface area contributed by atoms with Gasteiger partial charge in [-0.1, -0.05) is 25.1 Å². The molecule has 0 aliphatic carbocycles. The second-order valence-electron chi connectivity index (χ2n) is 8.42. The maximum Gasteiger partial charge on any atom is 0.266 e. The second kappa shape index (κ2) is 9.70. The number of rotatable bonds is 5. The Labute approximate surface area is 191 Å². The van der Waals surface area contributed by atoms with E-state index < -0.39 is 11.7 Å². The van der Waals surface area contributed by atoms with Crippen molar-refractivity contribution < 1.29 is 14.0 Å². The Morgan fingerprint density at radius 2 is 1.85 bits per heavy atom. The predicted octanol–water partition coefficient (Wildman–Crippen LogP) is 4.58. The number of carbonyl (C=O) groups is 2. The summed E-state index contributed by atoms with van der Waals surface area (Å²) in [6, 6.07) is 14.9. The number of benzene rings is 2. The highest BCUT2D eigenvalue weighted by atomic mass is 19.1. The number of nitriles is 1. The molecular formula is C26H25FN4O2. The van der Waals surface area contributed by atoms with E-state index in [4.69, 9.17) is 0 Å². The van der Waals surface area contributed by atoms with Gasteiger partial charge in [0.2, 0.25) is 5.91 Å². The van der Waals surface area contributed by atoms with Gasteiger partial charge < -0.3 is 14.8 Å². The van der Waals surface area contributed by atoms with Gasteiger partial charge in [0.15, 0.2) is 0 Å². The smallest absolute Gasteiger partial charge is 0.266 e. The number of fused-ring (bicyclic) bond motifs is 1. The molecular weight excluding hydrogens is 419 g/mol. The molecule has 1 fully saturated rings. The first-order valence-corrected chi connectivity index (χ1v) is 11.0. The van der Waals surface area contributed by atoms with E-state index in [0.29, 0.717) is 17.2 Å². The van der Waals surface area contributed by atoms with Crippen LogP contribution in [0.15, 0.2) is 60.3 Å². The molecule has 0 saturated carbocycles. The zero-order valence-electron chi connectivity index (χ0n) is 18.4. The lowest BCUT2D eigenvalue weighted by Crippen LogP contribution is -2.39. The largest absolute Gasteiger partial charge is 0.341 e. The lowest BCUT2D eigenvalue weighted by molar-refractivity contribution is -0.133. The van der Waals surface area contributed by atoms with Gasteiger partial charge in [0.05, 0.1) is 0 Å². The molecule has 33 heavy (non-hydrogen) atoms. The number of amides is 2. The maximum atomic E-state index is 13.1. The fraction of sp³-hybridized carbons (Fsp3) is 0.269. The monoisotopic (exact) mass is 444 g/mol. The van der Waals surface area contributed by atoms with Crippen LogP contribution in [0.5, 0.6) is 0 Å². The Hall–Kier alpha value is -3.92. The molecule has 2 amide bonds. The average molecular weight is 445 g/mol. The average Bonchev–Trinajstić information content (AvgIpc) is 3.16. The number of para-hydroxylation sites is 1. The second-order valence-corrected chi connectivity index (χ2v) is 8.42. The highest BCUT2D eigenvalue weighted by molar-refractivity contribution is 6.10. The number of halogens is 1. The van der Waals surface area contributed by atoms with Crippen molar-refractivity contribution in [3.05, 3.63) is 71.7 Å². The van der Waals surface area contributed by atoms with E-state index >= 15 is 0 Å². The van der Waals surface area contributed by atoms with E-state index in [1.54, 1.807) is 6.20 Å². The van der Waals surface area contributed by atoms with Crippen molar-refractivity contribution in [3.63, 3.8) is 0 Å². The first kappa shape index (κ1) is 22.3. The summed E-state index contributed by atoms with van der Waals surface area (Å²) in [6.07, 6.45) is 5.35. The van der Waals surface area contributed by atoms with Crippen LogP contribution in [0.25, 0.3) is 17.0 Å². The van der Waals surface area contributed by atoms with Crippen LogP contribution < -0.4 is 5.32 Å². The first-order chi connectivity index (χ1) is 15.9. The number of nitrogens with zero attached hydrogens (tertiary/aromatic N) is 3. The van der Waals surface area contributed by atoms with Gasteiger partial charge >= 0.3 is 0 Å². The van der Waals surface area contributed by atoms with Crippen LogP contribution >= 0.6 is 0 Å². The topological polar surface area (TPSA) is 78.1 Å². The van der Waals surface area contributed by atoms with Crippen molar-refractivity contribution >= 4 is 34.5 Å². The van der Waals surface area contributed by atoms with Gasteiger partial charge in [-0.25, -0.2) is 4.39 Å². The molecule has 1 aliphatic rings. The van der Waals surface area contributed by atoms with E-state index in [1.165, 1.54) is 30.3 Å². The minimum atomic E-state index is -0.584. The van der Waals surface area contributed by atoms with Crippen molar-refractivity contribution in [1.29, 1.82) is 5.26 Å². The first-order valence-electron chi connectivity index (χ1n) is 11.0. The molecule has 0 spiro atoms. The molecule has 0 radical (unpaired) electrons. The molecule has 2 aromatic carbocycles. The van der Waals surface area contributed by atoms with Gasteiger partial charge in [-0.05, 0) is 55.2 Å². The molecule has 1 aliphatic heterocycles. The van der Waals surface area contributed by atoms with E-state index in [-0.39, 0.29) is 18.0 Å². The van der Waals surface area contributed by atoms with Crippen LogP contribution in [0.1, 0.15) is 25.3 Å². The standard InChI is InChI=1S/C26H25FN4O2/c1-18-10-12-30(13-11-18)25(32)17-31-16-20(23-4-2-3-5-24(23)31)14-19(15-28)26(33)29-22-8-6-21(27)7-9-22/h2-9,14,16,18H,10-13,17H2,1H3,(H,29,33)/b19-14+. The van der Waals surface area contributed by atoms with Gasteiger partial charge in [-0.3, -0.25) is 9.59 Å². The molecule has 0 atom stereocenters. The number of piperidine rings is 1. The summed E-state index contributed by atoms with van der Waals surface area (Å²) in [4.78, 5) is 27.4. The summed E-state index contributed by atoms with van der Waals surface area (Å²) in [5.74, 6) is -0.290. The maximum absolute atomic E-state index is 13.1. The molecule has 4 rings (SSSR count). The molecule has 0 bridgehead atoms. The van der Waals surface area contributed by atoms with Crippen molar-refractivity contribution in [3.8, 4) is 6.07 Å². The van der Waals surface area contributed by atoms with Crippen LogP contribution in [-0.2, 0) is 16.1 Å². The number of anilines is 1. The molecule has 6 nitrogen and oxygen atoms in total. The molecule has 1 N–H and O–H groups in total. The Kier molecular flexibility index (Phi) is 6.55. The third kappa shape index (κ3) is 5.12. The van der Waals surface area contributed by atoms with Gasteiger partial charge in [0, 0.05) is 41.4 Å². The van der Waals surface area contributed by atoms with Gasteiger partial charge in [0.25, 0.3) is 5.91 Å². The van der Waals surface area contributed by atoms with Gasteiger partial charge in [-0.15, -0.1) is 0 Å². The lowest BCUT2D eigenvalue weighted by atomic mass is 9.99. The summed E-state index contributed by atoms with van der Waals surface area (Å²) < 4.78 is 15.0. The summed E-state index contributed by atoms with van der Waals surface area (Å²) >= 11 is 0. The number of likely N-dealkylation sites (tertiary alicyclic amines) is 1. The Balaban J connectivity index is 1.58.